The topological polar surface area (TPSA) is 41.1 Å². The Bertz CT molecular complexity index is 645. The average molecular weight is 324 g/mol. The molecule has 2 N–H and O–H groups in total. The summed E-state index contributed by atoms with van der Waals surface area (Å²) in [5.41, 5.74) is 4.64. The molecular formula is C21H28N2O. The van der Waals surface area contributed by atoms with Crippen molar-refractivity contribution in [1.29, 1.82) is 0 Å². The van der Waals surface area contributed by atoms with Crippen molar-refractivity contribution in [1.82, 2.24) is 5.32 Å². The second-order valence-electron chi connectivity index (χ2n) is 6.52. The molecule has 24 heavy (non-hydrogen) atoms. The minimum Gasteiger partial charge on any atom is -0.325 e. The maximum absolute atomic E-state index is 12.1. The van der Waals surface area contributed by atoms with Crippen molar-refractivity contribution < 1.29 is 4.79 Å². The zero-order chi connectivity index (χ0) is 17.5. The van der Waals surface area contributed by atoms with Gasteiger partial charge in [0.2, 0.25) is 5.91 Å². The first kappa shape index (κ1) is 18.2. The highest BCUT2D eigenvalue weighted by Crippen LogP contribution is 2.18. The summed E-state index contributed by atoms with van der Waals surface area (Å²) in [5.74, 6) is 0.511. The molecule has 1 unspecified atom stereocenters. The van der Waals surface area contributed by atoms with Crippen molar-refractivity contribution >= 4 is 11.6 Å². The van der Waals surface area contributed by atoms with Crippen molar-refractivity contribution in [2.24, 2.45) is 0 Å². The molecule has 0 aliphatic rings. The fraction of sp³-hybridized carbons (Fsp3) is 0.381. The summed E-state index contributed by atoms with van der Waals surface area (Å²) in [7, 11) is 0. The van der Waals surface area contributed by atoms with Crippen molar-refractivity contribution in [3.05, 3.63) is 65.2 Å². The summed E-state index contributed by atoms with van der Waals surface area (Å²) in [6.07, 6.45) is 1.00. The van der Waals surface area contributed by atoms with Gasteiger partial charge in [-0.3, -0.25) is 4.79 Å². The molecule has 0 saturated carbocycles. The van der Waals surface area contributed by atoms with Crippen LogP contribution in [0.15, 0.2) is 48.5 Å². The molecule has 3 heteroatoms. The Hall–Kier alpha value is -2.13. The highest BCUT2D eigenvalue weighted by Gasteiger charge is 2.09. The highest BCUT2D eigenvalue weighted by molar-refractivity contribution is 5.92. The Morgan fingerprint density at radius 1 is 0.917 bits per heavy atom. The van der Waals surface area contributed by atoms with E-state index in [2.05, 4.69) is 62.6 Å². The van der Waals surface area contributed by atoms with Crippen LogP contribution in [0.2, 0.25) is 0 Å². The molecule has 2 rings (SSSR count). The van der Waals surface area contributed by atoms with Gasteiger partial charge in [-0.05, 0) is 48.1 Å². The van der Waals surface area contributed by atoms with Gasteiger partial charge < -0.3 is 10.6 Å². The Balaban J connectivity index is 1.83. The molecule has 2 aromatic carbocycles. The summed E-state index contributed by atoms with van der Waals surface area (Å²) < 4.78 is 0. The van der Waals surface area contributed by atoms with Crippen LogP contribution in [0.4, 0.5) is 5.69 Å². The van der Waals surface area contributed by atoms with Gasteiger partial charge in [0.15, 0.2) is 0 Å². The summed E-state index contributed by atoms with van der Waals surface area (Å²) >= 11 is 0. The van der Waals surface area contributed by atoms with Gasteiger partial charge in [0.1, 0.15) is 0 Å². The lowest BCUT2D eigenvalue weighted by atomic mass is 9.99. The fourth-order valence-corrected chi connectivity index (χ4v) is 2.56. The quantitative estimate of drug-likeness (QED) is 0.777. The van der Waals surface area contributed by atoms with Crippen LogP contribution in [0, 0.1) is 0 Å². The van der Waals surface area contributed by atoms with Gasteiger partial charge >= 0.3 is 0 Å². The van der Waals surface area contributed by atoms with Gasteiger partial charge in [-0.2, -0.15) is 0 Å². The molecule has 0 aromatic heterocycles. The van der Waals surface area contributed by atoms with Gasteiger partial charge in [-0.1, -0.05) is 57.2 Å². The van der Waals surface area contributed by atoms with Gasteiger partial charge in [-0.15, -0.1) is 0 Å². The van der Waals surface area contributed by atoms with Gasteiger partial charge in [-0.25, -0.2) is 0 Å². The maximum atomic E-state index is 12.1. The molecule has 1 amide bonds. The molecule has 0 radical (unpaired) electrons. The van der Waals surface area contributed by atoms with E-state index in [-0.39, 0.29) is 11.9 Å². The summed E-state index contributed by atoms with van der Waals surface area (Å²) in [6.45, 7) is 8.87. The number of carbonyl (C=O) groups is 1. The molecule has 0 bridgehead atoms. The molecule has 1 atom stereocenters. The van der Waals surface area contributed by atoms with Crippen LogP contribution in [0.25, 0.3) is 0 Å². The summed E-state index contributed by atoms with van der Waals surface area (Å²) in [4.78, 5) is 12.1. The van der Waals surface area contributed by atoms with E-state index >= 15 is 0 Å². The first-order chi connectivity index (χ1) is 11.5. The van der Waals surface area contributed by atoms with E-state index in [1.807, 2.05) is 24.3 Å². The number of benzene rings is 2. The van der Waals surface area contributed by atoms with Crippen LogP contribution in [-0.2, 0) is 11.2 Å². The van der Waals surface area contributed by atoms with Crippen LogP contribution in [0.3, 0.4) is 0 Å². The predicted octanol–water partition coefficient (Wildman–Crippen LogP) is 4.66. The number of hydrogen-bond acceptors (Lipinski definition) is 2. The van der Waals surface area contributed by atoms with E-state index in [9.17, 15) is 4.79 Å². The normalized spacial score (nSPS) is 12.2. The average Bonchev–Trinajstić information content (AvgIpc) is 2.60. The molecule has 0 fully saturated rings. The van der Waals surface area contributed by atoms with Gasteiger partial charge in [0.05, 0.1) is 6.54 Å². The monoisotopic (exact) mass is 324 g/mol. The summed E-state index contributed by atoms with van der Waals surface area (Å²) in [6, 6.07) is 16.7. The molecule has 2 aromatic rings. The largest absolute Gasteiger partial charge is 0.325 e. The first-order valence-corrected chi connectivity index (χ1v) is 8.71. The minimum atomic E-state index is -0.0232. The third kappa shape index (κ3) is 5.20. The van der Waals surface area contributed by atoms with Crippen molar-refractivity contribution in [3.63, 3.8) is 0 Å². The Morgan fingerprint density at radius 2 is 1.50 bits per heavy atom. The second-order valence-corrected chi connectivity index (χ2v) is 6.52. The number of carbonyl (C=O) groups excluding carboxylic acids is 1. The number of aryl methyl sites for hydroxylation is 1. The molecule has 128 valence electrons. The molecule has 0 spiro atoms. The van der Waals surface area contributed by atoms with Crippen LogP contribution in [-0.4, -0.2) is 12.5 Å². The lowest BCUT2D eigenvalue weighted by Crippen LogP contribution is -2.30. The molecular weight excluding hydrogens is 296 g/mol. The van der Waals surface area contributed by atoms with Gasteiger partial charge in [0, 0.05) is 11.7 Å². The van der Waals surface area contributed by atoms with E-state index in [1.54, 1.807) is 0 Å². The fourth-order valence-electron chi connectivity index (χ4n) is 2.56. The first-order valence-electron chi connectivity index (χ1n) is 8.71. The number of hydrogen-bond donors (Lipinski definition) is 2. The highest BCUT2D eigenvalue weighted by atomic mass is 16.1. The van der Waals surface area contributed by atoms with E-state index in [1.165, 1.54) is 16.7 Å². The third-order valence-corrected chi connectivity index (χ3v) is 4.32. The van der Waals surface area contributed by atoms with Crippen molar-refractivity contribution in [3.8, 4) is 0 Å². The Labute approximate surface area is 145 Å². The van der Waals surface area contributed by atoms with E-state index in [0.29, 0.717) is 12.5 Å². The van der Waals surface area contributed by atoms with Crippen LogP contribution in [0.1, 0.15) is 56.3 Å². The smallest absolute Gasteiger partial charge is 0.238 e. The number of anilines is 1. The number of nitrogens with one attached hydrogen (secondary N) is 2. The maximum Gasteiger partial charge on any atom is 0.238 e. The van der Waals surface area contributed by atoms with E-state index in [0.717, 1.165) is 12.1 Å². The minimum absolute atomic E-state index is 0.0232. The van der Waals surface area contributed by atoms with Gasteiger partial charge in [0.25, 0.3) is 0 Å². The second kappa shape index (κ2) is 8.65. The van der Waals surface area contributed by atoms with Crippen LogP contribution >= 0.6 is 0 Å². The number of rotatable bonds is 7. The summed E-state index contributed by atoms with van der Waals surface area (Å²) in [5, 5.41) is 6.20. The zero-order valence-corrected chi connectivity index (χ0v) is 15.1. The number of amides is 1. The van der Waals surface area contributed by atoms with Crippen LogP contribution in [0.5, 0.6) is 0 Å². The lowest BCUT2D eigenvalue weighted by molar-refractivity contribution is -0.115. The third-order valence-electron chi connectivity index (χ3n) is 4.32. The predicted molar refractivity (Wildman–Crippen MR) is 101 cm³/mol. The van der Waals surface area contributed by atoms with Crippen molar-refractivity contribution in [2.75, 3.05) is 11.9 Å². The molecule has 0 aliphatic heterocycles. The molecule has 0 aliphatic carbocycles. The Morgan fingerprint density at radius 3 is 2.04 bits per heavy atom. The standard InChI is InChI=1S/C21H28N2O/c1-5-17-6-12-20(13-7-17)23-21(24)14-22-16(4)19-10-8-18(9-11-19)15(2)3/h6-13,15-16,22H,5,14H2,1-4H3,(H,23,24). The van der Waals surface area contributed by atoms with Crippen molar-refractivity contribution in [2.45, 2.75) is 46.1 Å². The SMILES string of the molecule is CCc1ccc(NC(=O)CNC(C)c2ccc(C(C)C)cc2)cc1. The molecule has 0 saturated heterocycles. The Kier molecular flexibility index (Phi) is 6.56. The van der Waals surface area contributed by atoms with E-state index in [4.69, 9.17) is 0 Å². The molecule has 0 heterocycles. The lowest BCUT2D eigenvalue weighted by Gasteiger charge is -2.15. The molecule has 3 nitrogen and oxygen atoms in total. The van der Waals surface area contributed by atoms with Crippen LogP contribution < -0.4 is 10.6 Å². The zero-order valence-electron chi connectivity index (χ0n) is 15.1. The van der Waals surface area contributed by atoms with E-state index < -0.39 is 0 Å².